The Morgan fingerprint density at radius 1 is 1.37 bits per heavy atom. The zero-order valence-corrected chi connectivity index (χ0v) is 14.8. The lowest BCUT2D eigenvalue weighted by atomic mass is 10.2. The molecule has 6 heteroatoms. The van der Waals surface area contributed by atoms with E-state index in [1.807, 2.05) is 22.9 Å². The lowest BCUT2D eigenvalue weighted by Gasteiger charge is -2.15. The standard InChI is InChI=1S/C13H20IN3OSi/c1-19(2,3)8-7-18-9-17-12-10(13(14)16-17)5-4-6-11(12)15/h4-6H,7-9,15H2,1-3H3. The molecule has 2 rings (SSSR count). The van der Waals surface area contributed by atoms with Gasteiger partial charge in [-0.3, -0.25) is 0 Å². The quantitative estimate of drug-likeness (QED) is 0.368. The lowest BCUT2D eigenvalue weighted by Crippen LogP contribution is -2.22. The highest BCUT2D eigenvalue weighted by Gasteiger charge is 2.13. The summed E-state index contributed by atoms with van der Waals surface area (Å²) >= 11 is 2.23. The summed E-state index contributed by atoms with van der Waals surface area (Å²) in [5.74, 6) is 0. The van der Waals surface area contributed by atoms with Gasteiger partial charge >= 0.3 is 0 Å². The van der Waals surface area contributed by atoms with Crippen LogP contribution in [0, 0.1) is 3.70 Å². The van der Waals surface area contributed by atoms with Crippen LogP contribution in [0.4, 0.5) is 5.69 Å². The van der Waals surface area contributed by atoms with E-state index in [0.29, 0.717) is 6.73 Å². The van der Waals surface area contributed by atoms with Gasteiger partial charge in [-0.2, -0.15) is 5.10 Å². The molecule has 0 aliphatic heterocycles. The molecule has 1 aromatic carbocycles. The van der Waals surface area contributed by atoms with Gasteiger partial charge in [0.05, 0.1) is 11.2 Å². The first-order chi connectivity index (χ1) is 8.88. The monoisotopic (exact) mass is 389 g/mol. The molecule has 4 nitrogen and oxygen atoms in total. The van der Waals surface area contributed by atoms with Crippen LogP contribution in [0.2, 0.25) is 25.7 Å². The number of ether oxygens (including phenoxy) is 1. The Morgan fingerprint density at radius 3 is 2.79 bits per heavy atom. The molecule has 0 saturated heterocycles. The van der Waals surface area contributed by atoms with E-state index in [-0.39, 0.29) is 0 Å². The maximum atomic E-state index is 6.03. The first-order valence-electron chi connectivity index (χ1n) is 6.37. The second kappa shape index (κ2) is 5.80. The number of fused-ring (bicyclic) bond motifs is 1. The zero-order valence-electron chi connectivity index (χ0n) is 11.6. The van der Waals surface area contributed by atoms with Crippen molar-refractivity contribution in [2.75, 3.05) is 12.3 Å². The molecule has 0 atom stereocenters. The molecule has 0 unspecified atom stereocenters. The molecule has 1 heterocycles. The van der Waals surface area contributed by atoms with Crippen LogP contribution >= 0.6 is 22.6 Å². The second-order valence-electron chi connectivity index (χ2n) is 5.88. The van der Waals surface area contributed by atoms with Crippen LogP contribution in [0.25, 0.3) is 10.9 Å². The van der Waals surface area contributed by atoms with Crippen molar-refractivity contribution in [1.82, 2.24) is 9.78 Å². The molecule has 0 fully saturated rings. The molecule has 2 aromatic rings. The largest absolute Gasteiger partial charge is 0.397 e. The molecule has 19 heavy (non-hydrogen) atoms. The van der Waals surface area contributed by atoms with E-state index >= 15 is 0 Å². The summed E-state index contributed by atoms with van der Waals surface area (Å²) in [5, 5.41) is 5.59. The molecule has 0 amide bonds. The molecule has 104 valence electrons. The summed E-state index contributed by atoms with van der Waals surface area (Å²) < 4.78 is 8.57. The van der Waals surface area contributed by atoms with Gasteiger partial charge in [-0.05, 0) is 40.8 Å². The lowest BCUT2D eigenvalue weighted by molar-refractivity contribution is 0.0815. The average Bonchev–Trinajstić information content (AvgIpc) is 2.62. The number of para-hydroxylation sites is 1. The fourth-order valence-corrected chi connectivity index (χ4v) is 3.30. The maximum absolute atomic E-state index is 6.03. The first kappa shape index (κ1) is 14.8. The highest BCUT2D eigenvalue weighted by atomic mass is 127. The van der Waals surface area contributed by atoms with Crippen LogP contribution in [0.15, 0.2) is 18.2 Å². The van der Waals surface area contributed by atoms with Crippen LogP contribution in [0.5, 0.6) is 0 Å². The number of rotatable bonds is 5. The first-order valence-corrected chi connectivity index (χ1v) is 11.2. The minimum atomic E-state index is -1.04. The van der Waals surface area contributed by atoms with Crippen LogP contribution in [-0.2, 0) is 11.5 Å². The van der Waals surface area contributed by atoms with Crippen molar-refractivity contribution in [2.24, 2.45) is 0 Å². The van der Waals surface area contributed by atoms with Gasteiger partial charge in [0.15, 0.2) is 0 Å². The number of nitrogen functional groups attached to an aromatic ring is 1. The van der Waals surface area contributed by atoms with E-state index in [1.165, 1.54) is 6.04 Å². The Morgan fingerprint density at radius 2 is 2.11 bits per heavy atom. The number of halogens is 1. The van der Waals surface area contributed by atoms with Crippen LogP contribution in [-0.4, -0.2) is 24.5 Å². The number of hydrogen-bond donors (Lipinski definition) is 1. The third kappa shape index (κ3) is 3.70. The topological polar surface area (TPSA) is 53.1 Å². The summed E-state index contributed by atoms with van der Waals surface area (Å²) in [6.45, 7) is 8.31. The van der Waals surface area contributed by atoms with Gasteiger partial charge in [0.2, 0.25) is 0 Å². The number of anilines is 1. The van der Waals surface area contributed by atoms with E-state index < -0.39 is 8.07 Å². The van der Waals surface area contributed by atoms with Gasteiger partial charge in [-0.15, -0.1) is 0 Å². The van der Waals surface area contributed by atoms with E-state index in [2.05, 4.69) is 47.3 Å². The van der Waals surface area contributed by atoms with Gasteiger partial charge in [0, 0.05) is 20.1 Å². The number of benzene rings is 1. The fourth-order valence-electron chi connectivity index (χ4n) is 1.85. The van der Waals surface area contributed by atoms with E-state index in [0.717, 1.165) is 26.9 Å². The number of hydrogen-bond acceptors (Lipinski definition) is 3. The second-order valence-corrected chi connectivity index (χ2v) is 12.5. The summed E-state index contributed by atoms with van der Waals surface area (Å²) in [6, 6.07) is 7.06. The van der Waals surface area contributed by atoms with Crippen molar-refractivity contribution in [2.45, 2.75) is 32.4 Å². The molecule has 0 spiro atoms. The normalized spacial score (nSPS) is 12.2. The van der Waals surface area contributed by atoms with E-state index in [9.17, 15) is 0 Å². The number of aromatic nitrogens is 2. The van der Waals surface area contributed by atoms with Crippen LogP contribution in [0.1, 0.15) is 0 Å². The zero-order chi connectivity index (χ0) is 14.0. The smallest absolute Gasteiger partial charge is 0.140 e. The van der Waals surface area contributed by atoms with Crippen molar-refractivity contribution in [1.29, 1.82) is 0 Å². The van der Waals surface area contributed by atoms with Gasteiger partial charge in [0.1, 0.15) is 10.4 Å². The van der Waals surface area contributed by atoms with Crippen molar-refractivity contribution >= 4 is 47.3 Å². The number of nitrogens with two attached hydrogens (primary N) is 1. The molecule has 1 aromatic heterocycles. The molecule has 0 aliphatic rings. The molecule has 0 bridgehead atoms. The summed E-state index contributed by atoms with van der Waals surface area (Å²) in [5.41, 5.74) is 7.75. The SMILES string of the molecule is C[Si](C)(C)CCOCn1nc(I)c2cccc(N)c21. The Hall–Kier alpha value is -0.603. The predicted octanol–water partition coefficient (Wildman–Crippen LogP) is 3.54. The Kier molecular flexibility index (Phi) is 4.52. The molecular weight excluding hydrogens is 369 g/mol. The van der Waals surface area contributed by atoms with Crippen LogP contribution in [0.3, 0.4) is 0 Å². The molecule has 2 N–H and O–H groups in total. The van der Waals surface area contributed by atoms with E-state index in [4.69, 9.17) is 10.5 Å². The highest BCUT2D eigenvalue weighted by Crippen LogP contribution is 2.25. The fraction of sp³-hybridized carbons (Fsp3) is 0.462. The van der Waals surface area contributed by atoms with Crippen LogP contribution < -0.4 is 5.73 Å². The van der Waals surface area contributed by atoms with Gasteiger partial charge in [0.25, 0.3) is 0 Å². The Labute approximate surface area is 128 Å². The molecule has 0 aliphatic carbocycles. The number of nitrogens with zero attached hydrogens (tertiary/aromatic N) is 2. The minimum Gasteiger partial charge on any atom is -0.397 e. The minimum absolute atomic E-state index is 0.470. The van der Waals surface area contributed by atoms with Crippen molar-refractivity contribution in [3.8, 4) is 0 Å². The van der Waals surface area contributed by atoms with Crippen molar-refractivity contribution < 1.29 is 4.74 Å². The summed E-state index contributed by atoms with van der Waals surface area (Å²) in [6.07, 6.45) is 0. The van der Waals surface area contributed by atoms with Gasteiger partial charge in [-0.25, -0.2) is 4.68 Å². The summed E-state index contributed by atoms with van der Waals surface area (Å²) in [4.78, 5) is 0. The van der Waals surface area contributed by atoms with Gasteiger partial charge < -0.3 is 10.5 Å². The molecular formula is C13H20IN3OSi. The Balaban J connectivity index is 2.09. The Bertz CT molecular complexity index is 577. The molecule has 0 radical (unpaired) electrons. The van der Waals surface area contributed by atoms with E-state index in [1.54, 1.807) is 0 Å². The predicted molar refractivity (Wildman–Crippen MR) is 91.0 cm³/mol. The summed E-state index contributed by atoms with van der Waals surface area (Å²) in [7, 11) is -1.04. The van der Waals surface area contributed by atoms with Gasteiger partial charge in [-0.1, -0.05) is 25.7 Å². The third-order valence-electron chi connectivity index (χ3n) is 2.97. The maximum Gasteiger partial charge on any atom is 0.140 e. The molecule has 0 saturated carbocycles. The average molecular weight is 389 g/mol. The highest BCUT2D eigenvalue weighted by molar-refractivity contribution is 14.1. The van der Waals surface area contributed by atoms with Crippen molar-refractivity contribution in [3.63, 3.8) is 0 Å². The van der Waals surface area contributed by atoms with Crippen molar-refractivity contribution in [3.05, 3.63) is 21.9 Å². The third-order valence-corrected chi connectivity index (χ3v) is 5.47.